The van der Waals surface area contributed by atoms with Crippen molar-refractivity contribution in [2.75, 3.05) is 13.1 Å². The summed E-state index contributed by atoms with van der Waals surface area (Å²) in [6, 6.07) is 0.875. The second-order valence-electron chi connectivity index (χ2n) is 6.81. The highest BCUT2D eigenvalue weighted by molar-refractivity contribution is 5.81. The van der Waals surface area contributed by atoms with Crippen molar-refractivity contribution in [2.45, 2.75) is 60.0 Å². The minimum absolute atomic E-state index is 0.167. The number of piperidine rings is 1. The van der Waals surface area contributed by atoms with Crippen LogP contribution in [0.3, 0.4) is 0 Å². The Morgan fingerprint density at radius 3 is 2.35 bits per heavy atom. The number of carbonyl (C=O) groups is 1. The van der Waals surface area contributed by atoms with Crippen molar-refractivity contribution < 1.29 is 4.79 Å². The van der Waals surface area contributed by atoms with Gasteiger partial charge >= 0.3 is 0 Å². The van der Waals surface area contributed by atoms with E-state index in [0.29, 0.717) is 18.0 Å². The molecule has 3 nitrogen and oxygen atoms in total. The average molecular weight is 240 g/mol. The van der Waals surface area contributed by atoms with Crippen LogP contribution in [0.2, 0.25) is 0 Å². The van der Waals surface area contributed by atoms with Crippen molar-refractivity contribution in [1.29, 1.82) is 0 Å². The van der Waals surface area contributed by atoms with E-state index in [9.17, 15) is 4.79 Å². The summed E-state index contributed by atoms with van der Waals surface area (Å²) < 4.78 is 0. The van der Waals surface area contributed by atoms with Gasteiger partial charge in [0.25, 0.3) is 0 Å². The van der Waals surface area contributed by atoms with Crippen molar-refractivity contribution in [3.8, 4) is 0 Å². The lowest BCUT2D eigenvalue weighted by Crippen LogP contribution is -2.53. The summed E-state index contributed by atoms with van der Waals surface area (Å²) >= 11 is 0. The number of likely N-dealkylation sites (tertiary alicyclic amines) is 1. The zero-order valence-corrected chi connectivity index (χ0v) is 12.2. The van der Waals surface area contributed by atoms with E-state index >= 15 is 0 Å². The zero-order valence-electron chi connectivity index (χ0n) is 12.2. The SMILES string of the molecule is CC1CC(NC(=O)C(C)(C)C)CN(C(C)C)C1. The molecule has 1 rings (SSSR count). The lowest BCUT2D eigenvalue weighted by molar-refractivity contribution is -0.129. The van der Waals surface area contributed by atoms with Crippen molar-refractivity contribution in [3.05, 3.63) is 0 Å². The molecule has 0 aromatic carbocycles. The van der Waals surface area contributed by atoms with Crippen LogP contribution in [0.15, 0.2) is 0 Å². The minimum Gasteiger partial charge on any atom is -0.352 e. The summed E-state index contributed by atoms with van der Waals surface area (Å²) in [6.45, 7) is 14.8. The highest BCUT2D eigenvalue weighted by atomic mass is 16.2. The third kappa shape index (κ3) is 4.30. The first kappa shape index (κ1) is 14.5. The Balaban J connectivity index is 2.57. The van der Waals surface area contributed by atoms with E-state index in [4.69, 9.17) is 0 Å². The molecule has 0 aromatic rings. The molecule has 0 bridgehead atoms. The van der Waals surface area contributed by atoms with Crippen molar-refractivity contribution in [3.63, 3.8) is 0 Å². The zero-order chi connectivity index (χ0) is 13.2. The number of carbonyl (C=O) groups excluding carboxylic acids is 1. The van der Waals surface area contributed by atoms with Crippen LogP contribution in [0.5, 0.6) is 0 Å². The summed E-state index contributed by atoms with van der Waals surface area (Å²) in [5.74, 6) is 0.830. The van der Waals surface area contributed by atoms with Gasteiger partial charge in [0.15, 0.2) is 0 Å². The van der Waals surface area contributed by atoms with E-state index in [1.165, 1.54) is 0 Å². The van der Waals surface area contributed by atoms with E-state index in [-0.39, 0.29) is 11.3 Å². The fraction of sp³-hybridized carbons (Fsp3) is 0.929. The normalized spacial score (nSPS) is 27.2. The minimum atomic E-state index is -0.288. The van der Waals surface area contributed by atoms with Crippen LogP contribution < -0.4 is 5.32 Å². The molecule has 1 amide bonds. The lowest BCUT2D eigenvalue weighted by atomic mass is 9.91. The number of amides is 1. The monoisotopic (exact) mass is 240 g/mol. The molecular formula is C14H28N2O. The second-order valence-corrected chi connectivity index (χ2v) is 6.81. The van der Waals surface area contributed by atoms with Crippen molar-refractivity contribution in [1.82, 2.24) is 10.2 Å². The molecule has 0 aromatic heterocycles. The van der Waals surface area contributed by atoms with Gasteiger partial charge in [-0.25, -0.2) is 0 Å². The largest absolute Gasteiger partial charge is 0.352 e. The Labute approximate surface area is 106 Å². The number of nitrogens with zero attached hydrogens (tertiary/aromatic N) is 1. The van der Waals surface area contributed by atoms with Crippen molar-refractivity contribution in [2.24, 2.45) is 11.3 Å². The smallest absolute Gasteiger partial charge is 0.225 e. The summed E-state index contributed by atoms with van der Waals surface area (Å²) in [6.07, 6.45) is 1.10. The molecule has 0 spiro atoms. The predicted octanol–water partition coefficient (Wildman–Crippen LogP) is 2.27. The van der Waals surface area contributed by atoms with Gasteiger partial charge in [-0.05, 0) is 26.2 Å². The van der Waals surface area contributed by atoms with Gasteiger partial charge in [-0.3, -0.25) is 9.69 Å². The highest BCUT2D eigenvalue weighted by Gasteiger charge is 2.30. The maximum absolute atomic E-state index is 12.0. The van der Waals surface area contributed by atoms with Crippen molar-refractivity contribution >= 4 is 5.91 Å². The van der Waals surface area contributed by atoms with Gasteiger partial charge in [-0.15, -0.1) is 0 Å². The Morgan fingerprint density at radius 2 is 1.88 bits per heavy atom. The van der Waals surface area contributed by atoms with E-state index in [1.807, 2.05) is 20.8 Å². The van der Waals surface area contributed by atoms with Crippen LogP contribution in [0.1, 0.15) is 48.0 Å². The first-order chi connectivity index (χ1) is 7.70. The maximum Gasteiger partial charge on any atom is 0.225 e. The van der Waals surface area contributed by atoms with Crippen LogP contribution >= 0.6 is 0 Å². The Bertz CT molecular complexity index is 268. The molecule has 1 aliphatic rings. The van der Waals surface area contributed by atoms with Gasteiger partial charge in [0.1, 0.15) is 0 Å². The molecule has 3 heteroatoms. The van der Waals surface area contributed by atoms with E-state index in [2.05, 4.69) is 31.0 Å². The summed E-state index contributed by atoms with van der Waals surface area (Å²) in [4.78, 5) is 14.4. The van der Waals surface area contributed by atoms with E-state index in [0.717, 1.165) is 19.5 Å². The van der Waals surface area contributed by atoms with Crippen LogP contribution in [0.25, 0.3) is 0 Å². The Kier molecular flexibility index (Phi) is 4.59. The number of nitrogens with one attached hydrogen (secondary N) is 1. The first-order valence-corrected chi connectivity index (χ1v) is 6.75. The first-order valence-electron chi connectivity index (χ1n) is 6.75. The van der Waals surface area contributed by atoms with E-state index in [1.54, 1.807) is 0 Å². The average Bonchev–Trinajstić information content (AvgIpc) is 2.14. The fourth-order valence-electron chi connectivity index (χ4n) is 2.32. The molecule has 0 aliphatic carbocycles. The fourth-order valence-corrected chi connectivity index (χ4v) is 2.32. The molecule has 100 valence electrons. The van der Waals surface area contributed by atoms with Crippen LogP contribution in [-0.2, 0) is 4.79 Å². The lowest BCUT2D eigenvalue weighted by Gasteiger charge is -2.39. The molecule has 1 N–H and O–H groups in total. The molecule has 17 heavy (non-hydrogen) atoms. The van der Waals surface area contributed by atoms with Crippen LogP contribution in [0, 0.1) is 11.3 Å². The topological polar surface area (TPSA) is 32.3 Å². The second kappa shape index (κ2) is 5.38. The molecule has 2 atom stereocenters. The van der Waals surface area contributed by atoms with Gasteiger partial charge in [-0.2, -0.15) is 0 Å². The molecular weight excluding hydrogens is 212 g/mol. The number of hydrogen-bond donors (Lipinski definition) is 1. The molecule has 1 aliphatic heterocycles. The van der Waals surface area contributed by atoms with Crippen LogP contribution in [-0.4, -0.2) is 36.0 Å². The van der Waals surface area contributed by atoms with Gasteiger partial charge < -0.3 is 5.32 Å². The van der Waals surface area contributed by atoms with Gasteiger partial charge in [0, 0.05) is 30.6 Å². The quantitative estimate of drug-likeness (QED) is 0.803. The molecule has 0 saturated carbocycles. The molecule has 1 heterocycles. The summed E-state index contributed by atoms with van der Waals surface area (Å²) in [7, 11) is 0. The molecule has 1 fully saturated rings. The molecule has 2 unspecified atom stereocenters. The van der Waals surface area contributed by atoms with Gasteiger partial charge in [0.2, 0.25) is 5.91 Å². The summed E-state index contributed by atoms with van der Waals surface area (Å²) in [5.41, 5.74) is -0.288. The number of hydrogen-bond acceptors (Lipinski definition) is 2. The van der Waals surface area contributed by atoms with Gasteiger partial charge in [0.05, 0.1) is 0 Å². The third-order valence-electron chi connectivity index (χ3n) is 3.43. The standard InChI is InChI=1S/C14H28N2O/c1-10(2)16-8-11(3)7-12(9-16)15-13(17)14(4,5)6/h10-12H,7-9H2,1-6H3,(H,15,17). The van der Waals surface area contributed by atoms with Crippen LogP contribution in [0.4, 0.5) is 0 Å². The Hall–Kier alpha value is -0.570. The van der Waals surface area contributed by atoms with E-state index < -0.39 is 0 Å². The molecule has 1 saturated heterocycles. The number of rotatable bonds is 2. The summed E-state index contributed by atoms with van der Waals surface area (Å²) in [5, 5.41) is 3.19. The Morgan fingerprint density at radius 1 is 1.29 bits per heavy atom. The maximum atomic E-state index is 12.0. The molecule has 0 radical (unpaired) electrons. The van der Waals surface area contributed by atoms with Gasteiger partial charge in [-0.1, -0.05) is 27.7 Å². The third-order valence-corrected chi connectivity index (χ3v) is 3.43. The predicted molar refractivity (Wildman–Crippen MR) is 71.9 cm³/mol. The highest BCUT2D eigenvalue weighted by Crippen LogP contribution is 2.20.